The lowest BCUT2D eigenvalue weighted by molar-refractivity contribution is -0.117. The minimum atomic E-state index is -0.618. The van der Waals surface area contributed by atoms with Crippen LogP contribution in [0.4, 0.5) is 5.69 Å². The number of likely N-dealkylation sites (N-methyl/N-ethyl adjacent to an activating group) is 1. The molecule has 0 aromatic heterocycles. The highest BCUT2D eigenvalue weighted by atomic mass is 35.5. The molecule has 1 aromatic rings. The van der Waals surface area contributed by atoms with Gasteiger partial charge in [0.2, 0.25) is 0 Å². The molecule has 0 heterocycles. The van der Waals surface area contributed by atoms with E-state index in [9.17, 15) is 9.59 Å². The maximum atomic E-state index is 11.8. The number of carbonyl (C=O) groups excluding carboxylic acids is 2. The smallest absolute Gasteiger partial charge is 0.268 e. The van der Waals surface area contributed by atoms with E-state index in [1.54, 1.807) is 19.1 Å². The molecule has 0 saturated carbocycles. The summed E-state index contributed by atoms with van der Waals surface area (Å²) in [5.41, 5.74) is 1.50. The molecule has 102 valence electrons. The van der Waals surface area contributed by atoms with E-state index in [-0.39, 0.29) is 10.1 Å². The first-order valence-corrected chi connectivity index (χ1v) is 6.43. The van der Waals surface area contributed by atoms with Gasteiger partial charge in [0.1, 0.15) is 10.1 Å². The Morgan fingerprint density at radius 2 is 1.68 bits per heavy atom. The lowest BCUT2D eigenvalue weighted by Gasteiger charge is -2.08. The molecule has 1 rings (SSSR count). The Hall–Kier alpha value is -1.52. The lowest BCUT2D eigenvalue weighted by atomic mass is 10.2. The summed E-state index contributed by atoms with van der Waals surface area (Å²) in [7, 11) is 0. The number of rotatable bonds is 4. The van der Waals surface area contributed by atoms with Gasteiger partial charge in [0.25, 0.3) is 11.8 Å². The fraction of sp³-hybridized carbons (Fsp3) is 0.231. The van der Waals surface area contributed by atoms with Crippen molar-refractivity contribution in [1.82, 2.24) is 5.32 Å². The van der Waals surface area contributed by atoms with Gasteiger partial charge in [-0.25, -0.2) is 0 Å². The van der Waals surface area contributed by atoms with Crippen LogP contribution in [0.5, 0.6) is 0 Å². The van der Waals surface area contributed by atoms with Crippen molar-refractivity contribution in [3.05, 3.63) is 39.9 Å². The van der Waals surface area contributed by atoms with Crippen molar-refractivity contribution in [1.29, 1.82) is 0 Å². The van der Waals surface area contributed by atoms with E-state index in [1.165, 1.54) is 0 Å². The maximum Gasteiger partial charge on any atom is 0.268 e. The van der Waals surface area contributed by atoms with Crippen LogP contribution in [0.1, 0.15) is 12.5 Å². The van der Waals surface area contributed by atoms with E-state index >= 15 is 0 Å². The molecule has 19 heavy (non-hydrogen) atoms. The molecule has 0 radical (unpaired) electrons. The number of aryl methyl sites for hydroxylation is 1. The van der Waals surface area contributed by atoms with Gasteiger partial charge in [-0.15, -0.1) is 0 Å². The molecule has 1 aromatic carbocycles. The zero-order valence-electron chi connectivity index (χ0n) is 10.6. The molecule has 0 aliphatic rings. The van der Waals surface area contributed by atoms with Crippen LogP contribution in [-0.2, 0) is 9.59 Å². The SMILES string of the molecule is CCNC(=O)/C(Cl)=C(/Cl)C(=O)Nc1ccccc1C. The van der Waals surface area contributed by atoms with Crippen molar-refractivity contribution in [3.63, 3.8) is 0 Å². The number of halogens is 2. The number of para-hydroxylation sites is 1. The van der Waals surface area contributed by atoms with Gasteiger partial charge in [0.05, 0.1) is 0 Å². The van der Waals surface area contributed by atoms with Gasteiger partial charge < -0.3 is 10.6 Å². The number of hydrogen-bond acceptors (Lipinski definition) is 2. The fourth-order valence-electron chi connectivity index (χ4n) is 1.33. The highest BCUT2D eigenvalue weighted by Crippen LogP contribution is 2.19. The first-order chi connectivity index (χ1) is 8.97. The Labute approximate surface area is 121 Å². The zero-order valence-corrected chi connectivity index (χ0v) is 12.1. The monoisotopic (exact) mass is 300 g/mol. The van der Waals surface area contributed by atoms with Crippen LogP contribution in [0, 0.1) is 6.92 Å². The average molecular weight is 301 g/mol. The molecule has 0 saturated heterocycles. The Balaban J connectivity index is 2.86. The van der Waals surface area contributed by atoms with Gasteiger partial charge in [0, 0.05) is 12.2 Å². The normalized spacial score (nSPS) is 11.6. The standard InChI is InChI=1S/C13H14Cl2N2O2/c1-3-16-12(18)10(14)11(15)13(19)17-9-7-5-4-6-8(9)2/h4-7H,3H2,1-2H3,(H,16,18)(H,17,19)/b11-10-. The first-order valence-electron chi connectivity index (χ1n) is 5.67. The topological polar surface area (TPSA) is 58.2 Å². The summed E-state index contributed by atoms with van der Waals surface area (Å²) >= 11 is 11.5. The van der Waals surface area contributed by atoms with Crippen LogP contribution in [0.25, 0.3) is 0 Å². The number of hydrogen-bond donors (Lipinski definition) is 2. The Bertz CT molecular complexity index is 527. The Morgan fingerprint density at radius 1 is 1.11 bits per heavy atom. The third-order valence-corrected chi connectivity index (χ3v) is 3.14. The molecular weight excluding hydrogens is 287 g/mol. The van der Waals surface area contributed by atoms with E-state index in [0.29, 0.717) is 12.2 Å². The quantitative estimate of drug-likeness (QED) is 0.840. The van der Waals surface area contributed by atoms with Gasteiger partial charge >= 0.3 is 0 Å². The summed E-state index contributed by atoms with van der Waals surface area (Å²) in [5.74, 6) is -1.19. The van der Waals surface area contributed by atoms with Gasteiger partial charge in [-0.3, -0.25) is 9.59 Å². The molecule has 2 amide bonds. The van der Waals surface area contributed by atoms with E-state index in [4.69, 9.17) is 23.2 Å². The molecule has 0 unspecified atom stereocenters. The van der Waals surface area contributed by atoms with E-state index in [1.807, 2.05) is 19.1 Å². The second-order valence-electron chi connectivity index (χ2n) is 3.76. The van der Waals surface area contributed by atoms with E-state index < -0.39 is 11.8 Å². The number of nitrogens with one attached hydrogen (secondary N) is 2. The number of carbonyl (C=O) groups is 2. The second kappa shape index (κ2) is 7.16. The van der Waals surface area contributed by atoms with Gasteiger partial charge in [0.15, 0.2) is 0 Å². The van der Waals surface area contributed by atoms with Crippen LogP contribution in [0.15, 0.2) is 34.3 Å². The molecule has 0 bridgehead atoms. The predicted octanol–water partition coefficient (Wildman–Crippen LogP) is 2.76. The van der Waals surface area contributed by atoms with Gasteiger partial charge in [-0.2, -0.15) is 0 Å². The average Bonchev–Trinajstić information content (AvgIpc) is 2.39. The predicted molar refractivity (Wildman–Crippen MR) is 77.2 cm³/mol. The summed E-state index contributed by atoms with van der Waals surface area (Å²) < 4.78 is 0. The summed E-state index contributed by atoms with van der Waals surface area (Å²) in [5, 5.41) is 4.40. The number of benzene rings is 1. The summed E-state index contributed by atoms with van der Waals surface area (Å²) in [4.78, 5) is 23.3. The van der Waals surface area contributed by atoms with Crippen molar-refractivity contribution in [2.75, 3.05) is 11.9 Å². The molecule has 0 fully saturated rings. The van der Waals surface area contributed by atoms with Crippen LogP contribution in [-0.4, -0.2) is 18.4 Å². The first kappa shape index (κ1) is 15.5. The highest BCUT2D eigenvalue weighted by Gasteiger charge is 2.17. The molecule has 0 atom stereocenters. The summed E-state index contributed by atoms with van der Waals surface area (Å²) in [6.45, 7) is 3.99. The molecule has 0 spiro atoms. The van der Waals surface area contributed by atoms with Crippen molar-refractivity contribution < 1.29 is 9.59 Å². The van der Waals surface area contributed by atoms with Crippen molar-refractivity contribution in [2.45, 2.75) is 13.8 Å². The fourth-order valence-corrected chi connectivity index (χ4v) is 1.61. The summed E-state index contributed by atoms with van der Waals surface area (Å²) in [6, 6.07) is 7.21. The van der Waals surface area contributed by atoms with Crippen molar-refractivity contribution in [2.24, 2.45) is 0 Å². The van der Waals surface area contributed by atoms with E-state index in [2.05, 4.69) is 10.6 Å². The highest BCUT2D eigenvalue weighted by molar-refractivity contribution is 6.54. The van der Waals surface area contributed by atoms with Crippen molar-refractivity contribution >= 4 is 40.7 Å². The van der Waals surface area contributed by atoms with Gasteiger partial charge in [-0.1, -0.05) is 41.4 Å². The van der Waals surface area contributed by atoms with Crippen LogP contribution >= 0.6 is 23.2 Å². The third kappa shape index (κ3) is 4.26. The Kier molecular flexibility index (Phi) is 5.86. The minimum absolute atomic E-state index is 0.324. The van der Waals surface area contributed by atoms with Gasteiger partial charge in [-0.05, 0) is 25.5 Å². The van der Waals surface area contributed by atoms with Crippen LogP contribution in [0.2, 0.25) is 0 Å². The van der Waals surface area contributed by atoms with Crippen LogP contribution in [0.3, 0.4) is 0 Å². The number of anilines is 1. The molecule has 6 heteroatoms. The molecule has 0 aliphatic carbocycles. The van der Waals surface area contributed by atoms with E-state index in [0.717, 1.165) is 5.56 Å². The number of amides is 2. The zero-order chi connectivity index (χ0) is 14.4. The summed E-state index contributed by atoms with van der Waals surface area (Å²) in [6.07, 6.45) is 0. The third-order valence-electron chi connectivity index (χ3n) is 2.32. The lowest BCUT2D eigenvalue weighted by Crippen LogP contribution is -2.25. The Morgan fingerprint density at radius 3 is 2.26 bits per heavy atom. The maximum absolute atomic E-state index is 11.8. The molecule has 2 N–H and O–H groups in total. The molecule has 4 nitrogen and oxygen atoms in total. The van der Waals surface area contributed by atoms with Crippen molar-refractivity contribution in [3.8, 4) is 0 Å². The second-order valence-corrected chi connectivity index (χ2v) is 4.51. The molecular formula is C13H14Cl2N2O2. The largest absolute Gasteiger partial charge is 0.352 e. The molecule has 0 aliphatic heterocycles. The van der Waals surface area contributed by atoms with Crippen LogP contribution < -0.4 is 10.6 Å². The minimum Gasteiger partial charge on any atom is -0.352 e.